The largest absolute Gasteiger partial charge is 0.481 e. The normalized spacial score (nSPS) is 22.5. The van der Waals surface area contributed by atoms with Crippen LogP contribution in [0.25, 0.3) is 21.8 Å². The van der Waals surface area contributed by atoms with Crippen molar-refractivity contribution in [2.75, 3.05) is 14.2 Å². The number of pyridine rings is 1. The first-order valence-corrected chi connectivity index (χ1v) is 12.7. The molecule has 9 heteroatoms. The average Bonchev–Trinajstić information content (AvgIpc) is 3.28. The number of carbonyl (C=O) groups is 2. The first kappa shape index (κ1) is 23.7. The van der Waals surface area contributed by atoms with Gasteiger partial charge in [0.25, 0.3) is 5.91 Å². The van der Waals surface area contributed by atoms with Gasteiger partial charge in [-0.25, -0.2) is 4.98 Å². The van der Waals surface area contributed by atoms with Gasteiger partial charge in [0.15, 0.2) is 0 Å². The molecule has 0 atom stereocenters. The van der Waals surface area contributed by atoms with Crippen molar-refractivity contribution in [2.24, 2.45) is 11.3 Å². The van der Waals surface area contributed by atoms with Crippen molar-refractivity contribution in [2.45, 2.75) is 38.3 Å². The monoisotopic (exact) mass is 518 g/mol. The quantitative estimate of drug-likeness (QED) is 0.370. The lowest BCUT2D eigenvalue weighted by Gasteiger charge is -2.56. The molecule has 2 heterocycles. The molecule has 1 amide bonds. The summed E-state index contributed by atoms with van der Waals surface area (Å²) in [6, 6.07) is 13.4. The molecule has 37 heavy (non-hydrogen) atoms. The lowest BCUT2D eigenvalue weighted by Crippen LogP contribution is -2.57. The molecule has 1 N–H and O–H groups in total. The van der Waals surface area contributed by atoms with Crippen LogP contribution in [0.4, 0.5) is 0 Å². The van der Waals surface area contributed by atoms with E-state index in [0.29, 0.717) is 28.5 Å². The predicted molar refractivity (Wildman–Crippen MR) is 140 cm³/mol. The molecule has 2 fully saturated rings. The third-order valence-corrected chi connectivity index (χ3v) is 8.18. The number of hydrogen-bond donors (Lipinski definition) is 1. The van der Waals surface area contributed by atoms with Gasteiger partial charge in [0.1, 0.15) is 0 Å². The van der Waals surface area contributed by atoms with Gasteiger partial charge in [-0.2, -0.15) is 5.10 Å². The van der Waals surface area contributed by atoms with E-state index in [0.717, 1.165) is 47.5 Å². The number of carbonyl (C=O) groups excluding carboxylic acids is 2. The third kappa shape index (κ3) is 4.19. The van der Waals surface area contributed by atoms with Crippen molar-refractivity contribution >= 4 is 45.3 Å². The Bertz CT molecular complexity index is 1530. The zero-order valence-electron chi connectivity index (χ0n) is 20.7. The average molecular weight is 519 g/mol. The van der Waals surface area contributed by atoms with E-state index >= 15 is 0 Å². The molecule has 2 aliphatic rings. The zero-order chi connectivity index (χ0) is 25.7. The van der Waals surface area contributed by atoms with Gasteiger partial charge in [-0.05, 0) is 67.0 Å². The van der Waals surface area contributed by atoms with E-state index in [4.69, 9.17) is 21.1 Å². The number of rotatable bonds is 6. The van der Waals surface area contributed by atoms with Crippen molar-refractivity contribution < 1.29 is 19.1 Å². The second-order valence-electron chi connectivity index (χ2n) is 10.2. The number of nitrogens with one attached hydrogen (secondary N) is 1. The summed E-state index contributed by atoms with van der Waals surface area (Å²) in [5, 5.41) is 10.0. The minimum atomic E-state index is -0.137. The fourth-order valence-corrected chi connectivity index (χ4v) is 6.22. The van der Waals surface area contributed by atoms with Crippen LogP contribution in [0, 0.1) is 11.3 Å². The summed E-state index contributed by atoms with van der Waals surface area (Å²) >= 11 is 6.47. The molecular formula is C28H27ClN4O4. The number of hydrogen-bond acceptors (Lipinski definition) is 6. The maximum atomic E-state index is 13.4. The van der Waals surface area contributed by atoms with Crippen molar-refractivity contribution in [3.05, 3.63) is 64.8 Å². The van der Waals surface area contributed by atoms with Crippen LogP contribution in [0.2, 0.25) is 5.02 Å². The Kier molecular flexibility index (Phi) is 5.79. The van der Waals surface area contributed by atoms with Gasteiger partial charge in [-0.15, -0.1) is 0 Å². The Hall–Kier alpha value is -3.65. The number of methoxy groups -OCH3 is 2. The van der Waals surface area contributed by atoms with E-state index in [1.165, 1.54) is 7.11 Å². The number of nitrogens with zero attached hydrogens (tertiary/aromatic N) is 3. The van der Waals surface area contributed by atoms with Crippen LogP contribution in [-0.4, -0.2) is 46.9 Å². The fraction of sp³-hybridized carbons (Fsp3) is 0.357. The molecule has 0 bridgehead atoms. The summed E-state index contributed by atoms with van der Waals surface area (Å²) in [7, 11) is 3.03. The Morgan fingerprint density at radius 1 is 1.11 bits per heavy atom. The van der Waals surface area contributed by atoms with Gasteiger partial charge >= 0.3 is 5.97 Å². The molecule has 1 spiro atoms. The Labute approximate surface area is 218 Å². The van der Waals surface area contributed by atoms with Crippen molar-refractivity contribution in [3.63, 3.8) is 0 Å². The molecular weight excluding hydrogens is 492 g/mol. The third-order valence-electron chi connectivity index (χ3n) is 7.85. The SMILES string of the molecule is COc1ccc2cc(Cn3ncc4c(Cl)ccc(C(=O)N[C@H]5CC6(C5)C[C@H](C(=O)OC)C6)c43)ccc2n1. The highest BCUT2D eigenvalue weighted by Crippen LogP contribution is 2.59. The Morgan fingerprint density at radius 2 is 1.92 bits per heavy atom. The number of aromatic nitrogens is 3. The van der Waals surface area contributed by atoms with Gasteiger partial charge in [0.2, 0.25) is 5.88 Å². The van der Waals surface area contributed by atoms with Gasteiger partial charge in [-0.3, -0.25) is 14.3 Å². The molecule has 8 nitrogen and oxygen atoms in total. The van der Waals surface area contributed by atoms with Crippen LogP contribution in [0.5, 0.6) is 5.88 Å². The molecule has 2 aliphatic carbocycles. The van der Waals surface area contributed by atoms with Crippen molar-refractivity contribution in [1.29, 1.82) is 0 Å². The molecule has 0 aliphatic heterocycles. The molecule has 0 unspecified atom stereocenters. The number of amides is 1. The van der Waals surface area contributed by atoms with E-state index in [2.05, 4.69) is 21.5 Å². The van der Waals surface area contributed by atoms with E-state index in [9.17, 15) is 9.59 Å². The minimum Gasteiger partial charge on any atom is -0.481 e. The minimum absolute atomic E-state index is 0.000176. The van der Waals surface area contributed by atoms with Crippen LogP contribution in [0.15, 0.2) is 48.7 Å². The summed E-state index contributed by atoms with van der Waals surface area (Å²) in [5.41, 5.74) is 3.30. The van der Waals surface area contributed by atoms with Crippen LogP contribution < -0.4 is 10.1 Å². The van der Waals surface area contributed by atoms with Crippen molar-refractivity contribution in [1.82, 2.24) is 20.1 Å². The number of fused-ring (bicyclic) bond motifs is 2. The van der Waals surface area contributed by atoms with Crippen LogP contribution in [0.3, 0.4) is 0 Å². The Morgan fingerprint density at radius 3 is 2.68 bits per heavy atom. The highest BCUT2D eigenvalue weighted by atomic mass is 35.5. The van der Waals surface area contributed by atoms with Gasteiger partial charge < -0.3 is 14.8 Å². The summed E-state index contributed by atoms with van der Waals surface area (Å²) in [4.78, 5) is 29.6. The van der Waals surface area contributed by atoms with Crippen LogP contribution in [-0.2, 0) is 16.1 Å². The summed E-state index contributed by atoms with van der Waals surface area (Å²) in [5.74, 6) is 0.306. The van der Waals surface area contributed by atoms with Gasteiger partial charge in [0, 0.05) is 22.9 Å². The molecule has 0 saturated heterocycles. The van der Waals surface area contributed by atoms with E-state index in [1.54, 1.807) is 25.4 Å². The van der Waals surface area contributed by atoms with Gasteiger partial charge in [-0.1, -0.05) is 17.7 Å². The van der Waals surface area contributed by atoms with E-state index in [1.807, 2.05) is 28.9 Å². The fourth-order valence-electron chi connectivity index (χ4n) is 6.02. The van der Waals surface area contributed by atoms with Crippen LogP contribution >= 0.6 is 11.6 Å². The second-order valence-corrected chi connectivity index (χ2v) is 10.7. The van der Waals surface area contributed by atoms with E-state index in [-0.39, 0.29) is 29.3 Å². The summed E-state index contributed by atoms with van der Waals surface area (Å²) < 4.78 is 11.9. The first-order chi connectivity index (χ1) is 17.9. The number of halogens is 1. The lowest BCUT2D eigenvalue weighted by molar-refractivity contribution is -0.159. The first-order valence-electron chi connectivity index (χ1n) is 12.3. The Balaban J connectivity index is 1.21. The summed E-state index contributed by atoms with van der Waals surface area (Å²) in [6.07, 6.45) is 5.17. The molecule has 2 saturated carbocycles. The number of ether oxygens (including phenoxy) is 2. The molecule has 2 aromatic heterocycles. The molecule has 190 valence electrons. The highest BCUT2D eigenvalue weighted by molar-refractivity contribution is 6.36. The number of esters is 1. The van der Waals surface area contributed by atoms with Crippen molar-refractivity contribution in [3.8, 4) is 5.88 Å². The standard InChI is InChI=1S/C28H27ClN4O4/c1-36-24-8-4-17-9-16(3-7-23(17)32-24)15-33-25-20(5-6-22(29)21(25)14-30-33)26(34)31-19-12-28(13-19)10-18(11-28)27(35)37-2/h3-9,14,18-19H,10-13,15H2,1-2H3,(H,31,34)/t18-,19-,28?. The predicted octanol–water partition coefficient (Wildman–Crippen LogP) is 4.76. The van der Waals surface area contributed by atoms with Gasteiger partial charge in [0.05, 0.1) is 54.5 Å². The molecule has 2 aromatic carbocycles. The smallest absolute Gasteiger partial charge is 0.308 e. The maximum absolute atomic E-state index is 13.4. The summed E-state index contributed by atoms with van der Waals surface area (Å²) in [6.45, 7) is 0.480. The molecule has 6 rings (SSSR count). The maximum Gasteiger partial charge on any atom is 0.308 e. The lowest BCUT2D eigenvalue weighted by atomic mass is 9.50. The van der Waals surface area contributed by atoms with E-state index < -0.39 is 0 Å². The molecule has 4 aromatic rings. The second kappa shape index (κ2) is 9.03. The highest BCUT2D eigenvalue weighted by Gasteiger charge is 2.55. The van der Waals surface area contributed by atoms with Crippen LogP contribution in [0.1, 0.15) is 41.6 Å². The zero-order valence-corrected chi connectivity index (χ0v) is 21.4. The topological polar surface area (TPSA) is 95.3 Å². The molecule has 0 radical (unpaired) electrons. The number of benzene rings is 2.